The van der Waals surface area contributed by atoms with E-state index in [1.165, 1.54) is 0 Å². The van der Waals surface area contributed by atoms with E-state index >= 15 is 0 Å². The minimum Gasteiger partial charge on any atom is -0.461 e. The summed E-state index contributed by atoms with van der Waals surface area (Å²) in [6, 6.07) is 0. The second kappa shape index (κ2) is 4.47. The number of hydrogen-bond donors (Lipinski definition) is 0. The zero-order chi connectivity index (χ0) is 10.6. The Morgan fingerprint density at radius 3 is 3.07 bits per heavy atom. The van der Waals surface area contributed by atoms with Gasteiger partial charge in [-0.25, -0.2) is 4.79 Å². The largest absolute Gasteiger partial charge is 0.461 e. The number of carbonyl (C=O) groups excluding carboxylic acids is 1. The van der Waals surface area contributed by atoms with Crippen LogP contribution in [0.4, 0.5) is 0 Å². The molecular weight excluding hydrogens is 180 g/mol. The highest BCUT2D eigenvalue weighted by atomic mass is 16.5. The minimum atomic E-state index is -0.418. The highest BCUT2D eigenvalue weighted by Gasteiger charge is 2.15. The molecule has 1 aromatic heterocycles. The summed E-state index contributed by atoms with van der Waals surface area (Å²) in [4.78, 5) is 11.4. The molecule has 0 aliphatic carbocycles. The van der Waals surface area contributed by atoms with Crippen LogP contribution < -0.4 is 0 Å². The van der Waals surface area contributed by atoms with E-state index in [1.54, 1.807) is 24.9 Å². The van der Waals surface area contributed by atoms with Crippen LogP contribution in [0.3, 0.4) is 0 Å². The highest BCUT2D eigenvalue weighted by Crippen LogP contribution is 2.08. The highest BCUT2D eigenvalue weighted by molar-refractivity contribution is 5.88. The molecule has 1 heterocycles. The number of aryl methyl sites for hydroxylation is 1. The molecule has 0 atom stereocenters. The lowest BCUT2D eigenvalue weighted by atomic mass is 10.2. The van der Waals surface area contributed by atoms with Crippen LogP contribution in [0.15, 0.2) is 6.20 Å². The van der Waals surface area contributed by atoms with Gasteiger partial charge in [0.15, 0.2) is 5.69 Å². The molecule has 74 valence electrons. The molecule has 0 aromatic carbocycles. The predicted octanol–water partition coefficient (Wildman–Crippen LogP) is 0.772. The minimum absolute atomic E-state index is 0.312. The average Bonchev–Trinajstić information content (AvgIpc) is 2.48. The van der Waals surface area contributed by atoms with Crippen LogP contribution in [-0.2, 0) is 18.2 Å². The van der Waals surface area contributed by atoms with Gasteiger partial charge in [0.2, 0.25) is 0 Å². The standard InChI is InChI=1S/C10H12N2O2/c1-4-6-8-7-12(3)11-9(8)10(13)14-5-2/h1,7H,5-6H2,2-3H3. The van der Waals surface area contributed by atoms with Gasteiger partial charge in [-0.15, -0.1) is 12.3 Å². The van der Waals surface area contributed by atoms with E-state index < -0.39 is 5.97 Å². The summed E-state index contributed by atoms with van der Waals surface area (Å²) in [5.41, 5.74) is 1.04. The number of hydrogen-bond acceptors (Lipinski definition) is 3. The average molecular weight is 192 g/mol. The van der Waals surface area contributed by atoms with Gasteiger partial charge >= 0.3 is 5.97 Å². The first-order chi connectivity index (χ1) is 6.69. The van der Waals surface area contributed by atoms with E-state index in [9.17, 15) is 4.79 Å². The number of rotatable bonds is 3. The third-order valence-corrected chi connectivity index (χ3v) is 1.67. The normalized spacial score (nSPS) is 9.50. The molecule has 0 N–H and O–H groups in total. The Balaban J connectivity index is 2.95. The number of terminal acetylenes is 1. The Labute approximate surface area is 82.9 Å². The van der Waals surface area contributed by atoms with Crippen molar-refractivity contribution in [3.63, 3.8) is 0 Å². The molecule has 14 heavy (non-hydrogen) atoms. The topological polar surface area (TPSA) is 44.1 Å². The maximum absolute atomic E-state index is 11.4. The number of carbonyl (C=O) groups is 1. The van der Waals surface area contributed by atoms with Gasteiger partial charge in [0.05, 0.1) is 6.61 Å². The van der Waals surface area contributed by atoms with Crippen molar-refractivity contribution in [1.82, 2.24) is 9.78 Å². The number of ether oxygens (including phenoxy) is 1. The maximum atomic E-state index is 11.4. The monoisotopic (exact) mass is 192 g/mol. The van der Waals surface area contributed by atoms with Gasteiger partial charge in [-0.1, -0.05) is 0 Å². The zero-order valence-electron chi connectivity index (χ0n) is 8.28. The van der Waals surface area contributed by atoms with Crippen LogP contribution in [0.25, 0.3) is 0 Å². The fourth-order valence-corrected chi connectivity index (χ4v) is 1.15. The van der Waals surface area contributed by atoms with Crippen molar-refractivity contribution >= 4 is 5.97 Å². The third-order valence-electron chi connectivity index (χ3n) is 1.67. The molecule has 0 unspecified atom stereocenters. The molecule has 0 saturated heterocycles. The van der Waals surface area contributed by atoms with E-state index in [-0.39, 0.29) is 0 Å². The van der Waals surface area contributed by atoms with E-state index in [4.69, 9.17) is 11.2 Å². The van der Waals surface area contributed by atoms with Crippen molar-refractivity contribution < 1.29 is 9.53 Å². The Kier molecular flexibility index (Phi) is 3.29. The molecular formula is C10H12N2O2. The van der Waals surface area contributed by atoms with Crippen LogP contribution in [0.5, 0.6) is 0 Å². The second-order valence-corrected chi connectivity index (χ2v) is 2.78. The molecule has 1 rings (SSSR count). The van der Waals surface area contributed by atoms with Crippen LogP contribution in [0.2, 0.25) is 0 Å². The molecule has 0 aliphatic heterocycles. The van der Waals surface area contributed by atoms with E-state index in [1.807, 2.05) is 0 Å². The Morgan fingerprint density at radius 1 is 1.79 bits per heavy atom. The zero-order valence-corrected chi connectivity index (χ0v) is 8.28. The fourth-order valence-electron chi connectivity index (χ4n) is 1.15. The van der Waals surface area contributed by atoms with Gasteiger partial charge in [-0.05, 0) is 6.92 Å². The fraction of sp³-hybridized carbons (Fsp3) is 0.400. The molecule has 0 fully saturated rings. The summed E-state index contributed by atoms with van der Waals surface area (Å²) in [5.74, 6) is 2.06. The summed E-state index contributed by atoms with van der Waals surface area (Å²) < 4.78 is 6.40. The van der Waals surface area contributed by atoms with Gasteiger partial charge in [0.1, 0.15) is 0 Å². The summed E-state index contributed by atoms with van der Waals surface area (Å²) in [7, 11) is 1.74. The SMILES string of the molecule is C#CCc1cn(C)nc1C(=O)OCC. The summed E-state index contributed by atoms with van der Waals surface area (Å²) >= 11 is 0. The van der Waals surface area contributed by atoms with Gasteiger partial charge in [-0.3, -0.25) is 4.68 Å². The lowest BCUT2D eigenvalue weighted by Crippen LogP contribution is -2.08. The van der Waals surface area contributed by atoms with Crippen molar-refractivity contribution in [2.45, 2.75) is 13.3 Å². The van der Waals surface area contributed by atoms with Crippen LogP contribution in [0.1, 0.15) is 23.0 Å². The van der Waals surface area contributed by atoms with Crippen molar-refractivity contribution in [2.24, 2.45) is 7.05 Å². The smallest absolute Gasteiger partial charge is 0.359 e. The van der Waals surface area contributed by atoms with Gasteiger partial charge in [0, 0.05) is 25.2 Å². The van der Waals surface area contributed by atoms with E-state index in [2.05, 4.69) is 11.0 Å². The Hall–Kier alpha value is -1.76. The summed E-state index contributed by atoms with van der Waals surface area (Å²) in [6.45, 7) is 2.09. The molecule has 0 aliphatic rings. The molecule has 0 saturated carbocycles. The summed E-state index contributed by atoms with van der Waals surface area (Å²) in [5, 5.41) is 3.99. The van der Waals surface area contributed by atoms with Crippen molar-refractivity contribution in [3.8, 4) is 12.3 Å². The van der Waals surface area contributed by atoms with Crippen molar-refractivity contribution in [3.05, 3.63) is 17.5 Å². The molecule has 0 spiro atoms. The quantitative estimate of drug-likeness (QED) is 0.525. The van der Waals surface area contributed by atoms with E-state index in [0.717, 1.165) is 5.56 Å². The van der Waals surface area contributed by atoms with Gasteiger partial charge < -0.3 is 4.74 Å². The number of nitrogens with zero attached hydrogens (tertiary/aromatic N) is 2. The predicted molar refractivity (Wildman–Crippen MR) is 51.7 cm³/mol. The molecule has 0 amide bonds. The van der Waals surface area contributed by atoms with Gasteiger partial charge in [0.25, 0.3) is 0 Å². The molecule has 0 bridgehead atoms. The second-order valence-electron chi connectivity index (χ2n) is 2.78. The van der Waals surface area contributed by atoms with Crippen molar-refractivity contribution in [1.29, 1.82) is 0 Å². The Bertz CT molecular complexity index is 374. The lowest BCUT2D eigenvalue weighted by molar-refractivity contribution is 0.0517. The van der Waals surface area contributed by atoms with Crippen LogP contribution in [-0.4, -0.2) is 22.4 Å². The first-order valence-electron chi connectivity index (χ1n) is 4.32. The lowest BCUT2D eigenvalue weighted by Gasteiger charge is -1.98. The third kappa shape index (κ3) is 2.13. The number of aromatic nitrogens is 2. The van der Waals surface area contributed by atoms with E-state index in [0.29, 0.717) is 18.7 Å². The number of esters is 1. The van der Waals surface area contributed by atoms with Crippen molar-refractivity contribution in [2.75, 3.05) is 6.61 Å². The molecule has 4 nitrogen and oxygen atoms in total. The molecule has 4 heteroatoms. The van der Waals surface area contributed by atoms with Crippen LogP contribution in [0, 0.1) is 12.3 Å². The first kappa shape index (κ1) is 10.3. The Morgan fingerprint density at radius 2 is 2.50 bits per heavy atom. The van der Waals surface area contributed by atoms with Gasteiger partial charge in [-0.2, -0.15) is 5.10 Å². The molecule has 0 radical (unpaired) electrons. The van der Waals surface area contributed by atoms with Crippen LogP contribution >= 0.6 is 0 Å². The first-order valence-corrected chi connectivity index (χ1v) is 4.32. The molecule has 1 aromatic rings. The summed E-state index contributed by atoms with van der Waals surface area (Å²) in [6.07, 6.45) is 7.29. The maximum Gasteiger partial charge on any atom is 0.359 e.